The van der Waals surface area contributed by atoms with Gasteiger partial charge in [-0.2, -0.15) is 5.26 Å². The number of carbonyl (C=O) groups excluding carboxylic acids is 1. The summed E-state index contributed by atoms with van der Waals surface area (Å²) in [5, 5.41) is 12.3. The molecule has 0 aliphatic heterocycles. The predicted octanol–water partition coefficient (Wildman–Crippen LogP) is 5.43. The minimum Gasteiger partial charge on any atom is -0.489 e. The summed E-state index contributed by atoms with van der Waals surface area (Å²) < 4.78 is 5.82. The zero-order valence-corrected chi connectivity index (χ0v) is 16.5. The molecule has 29 heavy (non-hydrogen) atoms. The van der Waals surface area contributed by atoms with Crippen LogP contribution in [0.1, 0.15) is 22.3 Å². The number of hydrogen-bond donors (Lipinski definition) is 1. The van der Waals surface area contributed by atoms with Gasteiger partial charge in [-0.05, 0) is 60.4 Å². The van der Waals surface area contributed by atoms with Gasteiger partial charge in [-0.1, -0.05) is 54.6 Å². The zero-order chi connectivity index (χ0) is 20.6. The van der Waals surface area contributed by atoms with Crippen LogP contribution in [-0.4, -0.2) is 5.91 Å². The van der Waals surface area contributed by atoms with Crippen LogP contribution < -0.4 is 10.1 Å². The molecule has 0 atom stereocenters. The second kappa shape index (κ2) is 9.38. The normalized spacial score (nSPS) is 10.9. The van der Waals surface area contributed by atoms with E-state index >= 15 is 0 Å². The van der Waals surface area contributed by atoms with E-state index in [-0.39, 0.29) is 5.57 Å². The van der Waals surface area contributed by atoms with Gasteiger partial charge in [0.1, 0.15) is 24.0 Å². The number of nitriles is 1. The summed E-state index contributed by atoms with van der Waals surface area (Å²) in [6.07, 6.45) is 1.57. The maximum absolute atomic E-state index is 12.6. The Balaban J connectivity index is 1.74. The Morgan fingerprint density at radius 3 is 2.59 bits per heavy atom. The molecule has 0 saturated carbocycles. The van der Waals surface area contributed by atoms with E-state index in [9.17, 15) is 10.1 Å². The quantitative estimate of drug-likeness (QED) is 0.457. The first-order chi connectivity index (χ1) is 14.0. The Kier molecular flexibility index (Phi) is 6.44. The SMILES string of the molecule is Cc1ccc(C)c(NC(=O)/C(C#N)=C\c2cccc(OCc3ccccc3)c2)c1. The first kappa shape index (κ1) is 19.9. The maximum atomic E-state index is 12.6. The van der Waals surface area contributed by atoms with Gasteiger partial charge in [-0.15, -0.1) is 0 Å². The van der Waals surface area contributed by atoms with Gasteiger partial charge < -0.3 is 10.1 Å². The summed E-state index contributed by atoms with van der Waals surface area (Å²) in [7, 11) is 0. The number of hydrogen-bond acceptors (Lipinski definition) is 3. The Morgan fingerprint density at radius 1 is 1.03 bits per heavy atom. The lowest BCUT2D eigenvalue weighted by Crippen LogP contribution is -2.14. The van der Waals surface area contributed by atoms with Crippen molar-refractivity contribution in [1.29, 1.82) is 5.26 Å². The number of anilines is 1. The van der Waals surface area contributed by atoms with Crippen LogP contribution in [-0.2, 0) is 11.4 Å². The largest absolute Gasteiger partial charge is 0.489 e. The molecule has 0 radical (unpaired) electrons. The van der Waals surface area contributed by atoms with Gasteiger partial charge in [0.15, 0.2) is 0 Å². The molecule has 4 nitrogen and oxygen atoms in total. The second-order valence-corrected chi connectivity index (χ2v) is 6.79. The van der Waals surface area contributed by atoms with E-state index in [1.54, 1.807) is 6.08 Å². The molecular formula is C25H22N2O2. The molecule has 3 rings (SSSR count). The smallest absolute Gasteiger partial charge is 0.266 e. The van der Waals surface area contributed by atoms with Crippen LogP contribution in [0, 0.1) is 25.2 Å². The summed E-state index contributed by atoms with van der Waals surface area (Å²) >= 11 is 0. The van der Waals surface area contributed by atoms with Gasteiger partial charge in [0.2, 0.25) is 0 Å². The van der Waals surface area contributed by atoms with Crippen molar-refractivity contribution in [2.24, 2.45) is 0 Å². The first-order valence-electron chi connectivity index (χ1n) is 9.32. The van der Waals surface area contributed by atoms with Gasteiger partial charge in [0, 0.05) is 5.69 Å². The molecule has 0 aromatic heterocycles. The van der Waals surface area contributed by atoms with Crippen molar-refractivity contribution < 1.29 is 9.53 Å². The molecule has 3 aromatic rings. The highest BCUT2D eigenvalue weighted by Crippen LogP contribution is 2.20. The number of nitrogens with zero attached hydrogens (tertiary/aromatic N) is 1. The summed E-state index contributed by atoms with van der Waals surface area (Å²) in [5.74, 6) is 0.242. The predicted molar refractivity (Wildman–Crippen MR) is 115 cm³/mol. The average molecular weight is 382 g/mol. The number of carbonyl (C=O) groups is 1. The van der Waals surface area contributed by atoms with Crippen molar-refractivity contribution in [2.45, 2.75) is 20.5 Å². The summed E-state index contributed by atoms with van der Waals surface area (Å²) in [4.78, 5) is 12.6. The lowest BCUT2D eigenvalue weighted by Gasteiger charge is -2.09. The fourth-order valence-electron chi connectivity index (χ4n) is 2.81. The molecule has 0 spiro atoms. The van der Waals surface area contributed by atoms with E-state index in [0.717, 1.165) is 22.3 Å². The lowest BCUT2D eigenvalue weighted by molar-refractivity contribution is -0.112. The van der Waals surface area contributed by atoms with Crippen LogP contribution in [0.25, 0.3) is 6.08 Å². The topological polar surface area (TPSA) is 62.1 Å². The summed E-state index contributed by atoms with van der Waals surface area (Å²) in [5.41, 5.74) is 4.51. The van der Waals surface area contributed by atoms with Crippen LogP contribution >= 0.6 is 0 Å². The van der Waals surface area contributed by atoms with E-state index in [4.69, 9.17) is 4.74 Å². The number of benzene rings is 3. The Hall–Kier alpha value is -3.84. The molecule has 0 bridgehead atoms. The van der Waals surface area contributed by atoms with E-state index in [0.29, 0.717) is 18.0 Å². The fraction of sp³-hybridized carbons (Fsp3) is 0.120. The van der Waals surface area contributed by atoms with E-state index < -0.39 is 5.91 Å². The molecular weight excluding hydrogens is 360 g/mol. The minimum atomic E-state index is -0.434. The minimum absolute atomic E-state index is 0.0334. The number of rotatable bonds is 6. The van der Waals surface area contributed by atoms with Crippen LogP contribution in [0.3, 0.4) is 0 Å². The molecule has 3 aromatic carbocycles. The highest BCUT2D eigenvalue weighted by Gasteiger charge is 2.11. The van der Waals surface area contributed by atoms with Crippen LogP contribution in [0.5, 0.6) is 5.75 Å². The first-order valence-corrected chi connectivity index (χ1v) is 9.32. The molecule has 1 N–H and O–H groups in total. The second-order valence-electron chi connectivity index (χ2n) is 6.79. The molecule has 0 fully saturated rings. The third-order valence-corrected chi connectivity index (χ3v) is 4.42. The number of amides is 1. The summed E-state index contributed by atoms with van der Waals surface area (Å²) in [6, 6.07) is 25.0. The van der Waals surface area contributed by atoms with Gasteiger partial charge in [0.05, 0.1) is 0 Å². The van der Waals surface area contributed by atoms with Crippen molar-refractivity contribution in [2.75, 3.05) is 5.32 Å². The number of aryl methyl sites for hydroxylation is 2. The number of ether oxygens (including phenoxy) is 1. The zero-order valence-electron chi connectivity index (χ0n) is 16.5. The molecule has 144 valence electrons. The molecule has 4 heteroatoms. The van der Waals surface area contributed by atoms with Crippen molar-refractivity contribution >= 4 is 17.7 Å². The Bertz CT molecular complexity index is 1080. The standard InChI is InChI=1S/C25H22N2O2/c1-18-11-12-19(2)24(13-18)27-25(28)22(16-26)14-21-9-6-10-23(15-21)29-17-20-7-4-3-5-8-20/h3-15H,17H2,1-2H3,(H,27,28)/b22-14-. The highest BCUT2D eigenvalue weighted by molar-refractivity contribution is 6.10. The van der Waals surface area contributed by atoms with Crippen LogP contribution in [0.2, 0.25) is 0 Å². The van der Waals surface area contributed by atoms with Crippen molar-refractivity contribution in [1.82, 2.24) is 0 Å². The molecule has 0 heterocycles. The Labute approximate surface area is 171 Å². The van der Waals surface area contributed by atoms with Gasteiger partial charge in [-0.3, -0.25) is 4.79 Å². The van der Waals surface area contributed by atoms with E-state index in [2.05, 4.69) is 5.32 Å². The monoisotopic (exact) mass is 382 g/mol. The highest BCUT2D eigenvalue weighted by atomic mass is 16.5. The molecule has 0 unspecified atom stereocenters. The van der Waals surface area contributed by atoms with Crippen molar-refractivity contribution in [3.8, 4) is 11.8 Å². The molecule has 0 saturated heterocycles. The maximum Gasteiger partial charge on any atom is 0.266 e. The molecule has 0 aliphatic rings. The molecule has 1 amide bonds. The third-order valence-electron chi connectivity index (χ3n) is 4.42. The van der Waals surface area contributed by atoms with E-state index in [1.165, 1.54) is 0 Å². The Morgan fingerprint density at radius 2 is 1.83 bits per heavy atom. The lowest BCUT2D eigenvalue weighted by atomic mass is 10.1. The van der Waals surface area contributed by atoms with Crippen LogP contribution in [0.15, 0.2) is 78.4 Å². The fourth-order valence-corrected chi connectivity index (χ4v) is 2.81. The summed E-state index contributed by atoms with van der Waals surface area (Å²) in [6.45, 7) is 4.32. The van der Waals surface area contributed by atoms with Crippen molar-refractivity contribution in [3.05, 3.63) is 101 Å². The van der Waals surface area contributed by atoms with Crippen LogP contribution in [0.4, 0.5) is 5.69 Å². The average Bonchev–Trinajstić information content (AvgIpc) is 2.74. The third kappa shape index (κ3) is 5.57. The number of nitrogens with one attached hydrogen (secondary N) is 1. The van der Waals surface area contributed by atoms with Gasteiger partial charge >= 0.3 is 0 Å². The van der Waals surface area contributed by atoms with Gasteiger partial charge in [0.25, 0.3) is 5.91 Å². The van der Waals surface area contributed by atoms with Gasteiger partial charge in [-0.25, -0.2) is 0 Å². The van der Waals surface area contributed by atoms with E-state index in [1.807, 2.05) is 92.7 Å². The molecule has 0 aliphatic carbocycles. The van der Waals surface area contributed by atoms with Crippen molar-refractivity contribution in [3.63, 3.8) is 0 Å².